The summed E-state index contributed by atoms with van der Waals surface area (Å²) in [4.78, 5) is -0.909. The van der Waals surface area contributed by atoms with Crippen LogP contribution in [0.15, 0.2) is 64.5 Å². The Labute approximate surface area is 192 Å². The monoisotopic (exact) mass is 506 g/mol. The van der Waals surface area contributed by atoms with Crippen LogP contribution in [0.25, 0.3) is 0 Å². The second-order valence-corrected chi connectivity index (χ2v) is 10.2. The number of nitrogens with zero attached hydrogens (tertiary/aromatic N) is 1. The molecule has 0 spiro atoms. The first-order valence-corrected chi connectivity index (χ1v) is 11.0. The van der Waals surface area contributed by atoms with E-state index in [4.69, 9.17) is 0 Å². The number of alkyl halides is 6. The lowest BCUT2D eigenvalue weighted by Gasteiger charge is -2.32. The van der Waals surface area contributed by atoms with Gasteiger partial charge in [0.15, 0.2) is 4.91 Å². The Morgan fingerprint density at radius 1 is 0.882 bits per heavy atom. The van der Waals surface area contributed by atoms with Crippen molar-refractivity contribution in [3.05, 3.63) is 70.8 Å². The third kappa shape index (κ3) is 5.20. The van der Waals surface area contributed by atoms with E-state index >= 15 is 0 Å². The molecule has 0 atom stereocenters. The highest BCUT2D eigenvalue weighted by Crippen LogP contribution is 2.50. The molecular weight excluding hydrogens is 486 g/mol. The summed E-state index contributed by atoms with van der Waals surface area (Å²) in [6.07, 6.45) is -11.3. The third-order valence-electron chi connectivity index (χ3n) is 4.92. The van der Waals surface area contributed by atoms with Crippen LogP contribution in [-0.2, 0) is 20.9 Å². The van der Waals surface area contributed by atoms with E-state index in [2.05, 4.69) is 5.32 Å². The second kappa shape index (κ2) is 8.96. The fraction of sp³-hybridized carbons (Fsp3) is 0.318. The molecule has 34 heavy (non-hydrogen) atoms. The summed E-state index contributed by atoms with van der Waals surface area (Å²) in [5.74, 6) is 0. The summed E-state index contributed by atoms with van der Waals surface area (Å²) < 4.78 is 103. The van der Waals surface area contributed by atoms with Crippen LogP contribution in [0.4, 0.5) is 32.0 Å². The molecular formula is C22H20F6N2O3S. The topological polar surface area (TPSA) is 90.2 Å². The Bertz CT molecular complexity index is 1190. The number of rotatable bonds is 5. The van der Waals surface area contributed by atoms with Crippen LogP contribution >= 0.6 is 0 Å². The highest BCUT2D eigenvalue weighted by Gasteiger charge is 2.71. The Morgan fingerprint density at radius 2 is 1.32 bits per heavy atom. The minimum Gasteiger partial charge on any atom is -0.369 e. The molecule has 5 nitrogen and oxygen atoms in total. The molecule has 0 unspecified atom stereocenters. The van der Waals surface area contributed by atoms with Crippen LogP contribution in [0.2, 0.25) is 0 Å². The smallest absolute Gasteiger partial charge is 0.369 e. The zero-order valence-corrected chi connectivity index (χ0v) is 18.9. The summed E-state index contributed by atoms with van der Waals surface area (Å²) in [7, 11) is -4.25. The molecule has 0 bridgehead atoms. The number of nitriles is 1. The lowest BCUT2D eigenvalue weighted by atomic mass is 9.87. The first-order chi connectivity index (χ1) is 15.4. The van der Waals surface area contributed by atoms with Gasteiger partial charge in [0.25, 0.3) is 5.60 Å². The van der Waals surface area contributed by atoms with E-state index in [-0.39, 0.29) is 16.0 Å². The van der Waals surface area contributed by atoms with E-state index in [0.717, 1.165) is 23.9 Å². The number of sulfone groups is 1. The lowest BCUT2D eigenvalue weighted by molar-refractivity contribution is -0.376. The Kier molecular flexibility index (Phi) is 7.17. The summed E-state index contributed by atoms with van der Waals surface area (Å²) in [6.45, 7) is 5.78. The van der Waals surface area contributed by atoms with Gasteiger partial charge in [-0.1, -0.05) is 45.0 Å². The molecule has 0 saturated heterocycles. The average Bonchev–Trinajstić information content (AvgIpc) is 2.71. The van der Waals surface area contributed by atoms with E-state index in [0.29, 0.717) is 12.1 Å². The molecule has 0 aromatic heterocycles. The van der Waals surface area contributed by atoms with Gasteiger partial charge in [0.1, 0.15) is 6.07 Å². The van der Waals surface area contributed by atoms with E-state index in [1.54, 1.807) is 12.1 Å². The maximum Gasteiger partial charge on any atom is 0.430 e. The number of nitrogens with one attached hydrogen (secondary N) is 1. The Balaban J connectivity index is 2.34. The highest BCUT2D eigenvalue weighted by atomic mass is 32.2. The maximum atomic E-state index is 13.0. The van der Waals surface area contributed by atoms with Crippen LogP contribution in [0.1, 0.15) is 31.9 Å². The minimum atomic E-state index is -6.04. The third-order valence-corrected chi connectivity index (χ3v) is 6.60. The summed E-state index contributed by atoms with van der Waals surface area (Å²) in [5.41, 5.74) is -6.08. The van der Waals surface area contributed by atoms with E-state index in [1.165, 1.54) is 18.2 Å². The number of aliphatic hydroxyl groups is 1. The van der Waals surface area contributed by atoms with Gasteiger partial charge in [0.05, 0.1) is 4.90 Å². The molecule has 0 radical (unpaired) electrons. The number of benzene rings is 2. The molecule has 0 heterocycles. The van der Waals surface area contributed by atoms with Crippen LogP contribution in [0.3, 0.4) is 0 Å². The second-order valence-electron chi connectivity index (χ2n) is 8.33. The summed E-state index contributed by atoms with van der Waals surface area (Å²) in [6, 6.07) is 9.67. The van der Waals surface area contributed by atoms with Crippen molar-refractivity contribution in [3.8, 4) is 6.07 Å². The van der Waals surface area contributed by atoms with Crippen LogP contribution in [0, 0.1) is 11.3 Å². The predicted molar refractivity (Wildman–Crippen MR) is 112 cm³/mol. The van der Waals surface area contributed by atoms with Gasteiger partial charge in [-0.15, -0.1) is 0 Å². The first-order valence-electron chi connectivity index (χ1n) is 9.54. The molecule has 0 aliphatic carbocycles. The maximum absolute atomic E-state index is 13.0. The van der Waals surface area contributed by atoms with Crippen molar-refractivity contribution in [2.75, 3.05) is 5.32 Å². The molecule has 0 aliphatic heterocycles. The largest absolute Gasteiger partial charge is 0.430 e. The van der Waals surface area contributed by atoms with Gasteiger partial charge in [-0.2, -0.15) is 31.6 Å². The lowest BCUT2D eigenvalue weighted by Crippen LogP contribution is -2.53. The molecule has 2 N–H and O–H groups in total. The fourth-order valence-electron chi connectivity index (χ4n) is 2.88. The molecule has 184 valence electrons. The van der Waals surface area contributed by atoms with Gasteiger partial charge >= 0.3 is 12.4 Å². The fourth-order valence-corrected chi connectivity index (χ4v) is 3.96. The molecule has 0 saturated carbocycles. The molecule has 2 rings (SSSR count). The number of allylic oxidation sites excluding steroid dienone is 1. The van der Waals surface area contributed by atoms with E-state index in [9.17, 15) is 45.1 Å². The van der Waals surface area contributed by atoms with Crippen molar-refractivity contribution in [3.63, 3.8) is 0 Å². The van der Waals surface area contributed by atoms with Crippen LogP contribution < -0.4 is 5.32 Å². The van der Waals surface area contributed by atoms with Crippen LogP contribution in [0.5, 0.6) is 0 Å². The molecule has 0 aliphatic rings. The number of hydrogen-bond acceptors (Lipinski definition) is 5. The minimum absolute atomic E-state index is 0.124. The van der Waals surface area contributed by atoms with Gasteiger partial charge in [-0.25, -0.2) is 8.42 Å². The number of halogens is 6. The van der Waals surface area contributed by atoms with Crippen molar-refractivity contribution in [1.29, 1.82) is 5.26 Å². The summed E-state index contributed by atoms with van der Waals surface area (Å²) in [5, 5.41) is 21.1. The normalized spacial score (nSPS) is 14.0. The zero-order valence-electron chi connectivity index (χ0n) is 18.1. The molecule has 0 fully saturated rings. The molecule has 2 aromatic carbocycles. The molecule has 12 heteroatoms. The predicted octanol–water partition coefficient (Wildman–Crippen LogP) is 5.55. The van der Waals surface area contributed by atoms with Crippen molar-refractivity contribution in [2.24, 2.45) is 0 Å². The number of anilines is 1. The SMILES string of the molecule is CC(C)(C)c1ccc(S(=O)(=O)C(C#N)=CNc2ccc(C(O)(C(F)(F)F)C(F)(F)F)cc2)cc1. The summed E-state index contributed by atoms with van der Waals surface area (Å²) >= 11 is 0. The van der Waals surface area contributed by atoms with Crippen LogP contribution in [-0.4, -0.2) is 25.9 Å². The van der Waals surface area contributed by atoms with Gasteiger partial charge in [0.2, 0.25) is 9.84 Å². The standard InChI is InChI=1S/C22H20F6N2O3S/c1-19(2,3)14-6-10-17(11-7-14)34(32,33)18(12-29)13-30-16-8-4-15(5-9-16)20(31,21(23,24)25)22(26,27)28/h4-11,13,30-31H,1-3H3. The average molecular weight is 506 g/mol. The van der Waals surface area contributed by atoms with Gasteiger partial charge in [-0.05, 0) is 35.2 Å². The van der Waals surface area contributed by atoms with Crippen molar-refractivity contribution < 1.29 is 39.9 Å². The van der Waals surface area contributed by atoms with Crippen molar-refractivity contribution >= 4 is 15.5 Å². The Hall–Kier alpha value is -3.04. The zero-order chi connectivity index (χ0) is 26.2. The molecule has 0 amide bonds. The van der Waals surface area contributed by atoms with Gasteiger partial charge in [-0.3, -0.25) is 0 Å². The highest BCUT2D eigenvalue weighted by molar-refractivity contribution is 7.95. The van der Waals surface area contributed by atoms with Gasteiger partial charge in [0, 0.05) is 17.5 Å². The molecule has 2 aromatic rings. The van der Waals surface area contributed by atoms with E-state index in [1.807, 2.05) is 20.8 Å². The Morgan fingerprint density at radius 3 is 1.71 bits per heavy atom. The van der Waals surface area contributed by atoms with Gasteiger partial charge < -0.3 is 10.4 Å². The van der Waals surface area contributed by atoms with E-state index < -0.39 is 38.3 Å². The first kappa shape index (κ1) is 27.2. The van der Waals surface area contributed by atoms with Crippen molar-refractivity contribution in [2.45, 2.75) is 49.0 Å². The van der Waals surface area contributed by atoms with Crippen molar-refractivity contribution in [1.82, 2.24) is 0 Å². The quantitative estimate of drug-likeness (QED) is 0.410. The number of hydrogen-bond donors (Lipinski definition) is 2.